The molecule has 0 atom stereocenters. The average Bonchev–Trinajstić information content (AvgIpc) is 2.51. The molecule has 1 aromatic carbocycles. The van der Waals surface area contributed by atoms with Crippen LogP contribution in [-0.4, -0.2) is 18.4 Å². The number of fused-ring (bicyclic) bond motifs is 1. The van der Waals surface area contributed by atoms with E-state index in [0.29, 0.717) is 17.7 Å². The molecule has 0 bridgehead atoms. The molecule has 1 heterocycles. The third-order valence-corrected chi connectivity index (χ3v) is 3.18. The topological polar surface area (TPSA) is 85.6 Å². The smallest absolute Gasteiger partial charge is 0.349 e. The lowest BCUT2D eigenvalue weighted by molar-refractivity contribution is -0.137. The van der Waals surface area contributed by atoms with Crippen LogP contribution in [0.1, 0.15) is 37.6 Å². The van der Waals surface area contributed by atoms with Gasteiger partial charge in [-0.25, -0.2) is 4.79 Å². The normalized spacial score (nSPS) is 10.8. The third-order valence-electron chi connectivity index (χ3n) is 3.18. The molecule has 122 valence electrons. The van der Waals surface area contributed by atoms with Crippen LogP contribution in [0, 0.1) is 5.92 Å². The van der Waals surface area contributed by atoms with Crippen LogP contribution in [0.5, 0.6) is 5.75 Å². The highest BCUT2D eigenvalue weighted by Crippen LogP contribution is 2.21. The van der Waals surface area contributed by atoms with Gasteiger partial charge in [0.1, 0.15) is 16.9 Å². The second-order valence-corrected chi connectivity index (χ2v) is 5.48. The Labute approximate surface area is 133 Å². The summed E-state index contributed by atoms with van der Waals surface area (Å²) in [7, 11) is 0. The van der Waals surface area contributed by atoms with Gasteiger partial charge in [0, 0.05) is 18.0 Å². The second kappa shape index (κ2) is 7.09. The van der Waals surface area contributed by atoms with Gasteiger partial charge < -0.3 is 14.5 Å². The van der Waals surface area contributed by atoms with E-state index in [0.717, 1.165) is 6.42 Å². The van der Waals surface area contributed by atoms with Gasteiger partial charge in [-0.1, -0.05) is 20.8 Å². The standard InChI is InChI=1S/C17H19NO5/c1-4-7-18-15(19)13-8-11-5-6-12(22-16(20)10(2)3)9-14(11)23-17(13)21/h5-6,8-10H,4,7H2,1-3H3,(H,18,19). The summed E-state index contributed by atoms with van der Waals surface area (Å²) in [6.45, 7) is 5.86. The first-order valence-corrected chi connectivity index (χ1v) is 7.50. The Balaban J connectivity index is 2.33. The highest BCUT2D eigenvalue weighted by molar-refractivity contribution is 5.96. The summed E-state index contributed by atoms with van der Waals surface area (Å²) < 4.78 is 10.3. The molecule has 0 unspecified atom stereocenters. The first kappa shape index (κ1) is 16.7. The van der Waals surface area contributed by atoms with Crippen LogP contribution in [0.4, 0.5) is 0 Å². The van der Waals surface area contributed by atoms with Gasteiger partial charge in [-0.3, -0.25) is 9.59 Å². The zero-order valence-corrected chi connectivity index (χ0v) is 13.3. The predicted molar refractivity (Wildman–Crippen MR) is 85.6 cm³/mol. The van der Waals surface area contributed by atoms with Crippen molar-refractivity contribution in [2.75, 3.05) is 6.54 Å². The van der Waals surface area contributed by atoms with Crippen LogP contribution in [0.3, 0.4) is 0 Å². The summed E-state index contributed by atoms with van der Waals surface area (Å²) in [5, 5.41) is 3.22. The summed E-state index contributed by atoms with van der Waals surface area (Å²) in [4.78, 5) is 35.5. The third kappa shape index (κ3) is 3.97. The molecule has 0 aliphatic heterocycles. The predicted octanol–water partition coefficient (Wildman–Crippen LogP) is 2.49. The van der Waals surface area contributed by atoms with E-state index in [-0.39, 0.29) is 23.0 Å². The molecule has 1 aromatic heterocycles. The van der Waals surface area contributed by atoms with Crippen LogP contribution < -0.4 is 15.7 Å². The number of esters is 1. The fourth-order valence-electron chi connectivity index (χ4n) is 1.88. The number of nitrogens with one attached hydrogen (secondary N) is 1. The first-order valence-electron chi connectivity index (χ1n) is 7.50. The van der Waals surface area contributed by atoms with E-state index in [1.165, 1.54) is 12.1 Å². The van der Waals surface area contributed by atoms with Crippen LogP contribution in [0.15, 0.2) is 33.5 Å². The van der Waals surface area contributed by atoms with Gasteiger partial charge in [-0.15, -0.1) is 0 Å². The summed E-state index contributed by atoms with van der Waals surface area (Å²) in [6.07, 6.45) is 0.773. The molecule has 0 aliphatic rings. The van der Waals surface area contributed by atoms with Crippen LogP contribution in [0.25, 0.3) is 11.0 Å². The van der Waals surface area contributed by atoms with E-state index in [4.69, 9.17) is 9.15 Å². The van der Waals surface area contributed by atoms with Gasteiger partial charge in [-0.05, 0) is 24.6 Å². The molecule has 23 heavy (non-hydrogen) atoms. The minimum atomic E-state index is -0.724. The van der Waals surface area contributed by atoms with Crippen molar-refractivity contribution in [2.45, 2.75) is 27.2 Å². The number of hydrogen-bond acceptors (Lipinski definition) is 5. The lowest BCUT2D eigenvalue weighted by Gasteiger charge is -2.08. The van der Waals surface area contributed by atoms with E-state index >= 15 is 0 Å². The lowest BCUT2D eigenvalue weighted by Crippen LogP contribution is -2.28. The summed E-state index contributed by atoms with van der Waals surface area (Å²) in [6, 6.07) is 6.17. The van der Waals surface area contributed by atoms with Gasteiger partial charge in [0.15, 0.2) is 0 Å². The Hall–Kier alpha value is -2.63. The number of rotatable bonds is 5. The van der Waals surface area contributed by atoms with Crippen molar-refractivity contribution in [2.24, 2.45) is 5.92 Å². The number of carbonyl (C=O) groups is 2. The van der Waals surface area contributed by atoms with Crippen molar-refractivity contribution in [3.63, 3.8) is 0 Å². The van der Waals surface area contributed by atoms with Crippen LogP contribution in [-0.2, 0) is 4.79 Å². The molecule has 6 heteroatoms. The highest BCUT2D eigenvalue weighted by Gasteiger charge is 2.15. The highest BCUT2D eigenvalue weighted by atomic mass is 16.5. The Kier molecular flexibility index (Phi) is 5.16. The maximum atomic E-state index is 11.9. The summed E-state index contributed by atoms with van der Waals surface area (Å²) in [5.74, 6) is -0.801. The van der Waals surface area contributed by atoms with E-state index in [9.17, 15) is 14.4 Å². The van der Waals surface area contributed by atoms with Gasteiger partial charge in [0.05, 0.1) is 5.92 Å². The van der Waals surface area contributed by atoms with Gasteiger partial charge in [0.2, 0.25) is 0 Å². The molecule has 2 rings (SSSR count). The van der Waals surface area contributed by atoms with E-state index < -0.39 is 11.5 Å². The molecular formula is C17H19NO5. The van der Waals surface area contributed by atoms with Crippen molar-refractivity contribution in [3.8, 4) is 5.75 Å². The molecule has 0 saturated heterocycles. The molecule has 6 nitrogen and oxygen atoms in total. The summed E-state index contributed by atoms with van der Waals surface area (Å²) in [5.41, 5.74) is -0.507. The second-order valence-electron chi connectivity index (χ2n) is 5.48. The summed E-state index contributed by atoms with van der Waals surface area (Å²) >= 11 is 0. The van der Waals surface area contributed by atoms with Crippen molar-refractivity contribution < 1.29 is 18.7 Å². The quantitative estimate of drug-likeness (QED) is 0.520. The van der Waals surface area contributed by atoms with E-state index in [2.05, 4.69) is 5.32 Å². The maximum Gasteiger partial charge on any atom is 0.349 e. The number of amides is 1. The van der Waals surface area contributed by atoms with Crippen LogP contribution >= 0.6 is 0 Å². The lowest BCUT2D eigenvalue weighted by atomic mass is 10.1. The number of carbonyl (C=O) groups excluding carboxylic acids is 2. The largest absolute Gasteiger partial charge is 0.426 e. The molecule has 1 amide bonds. The monoisotopic (exact) mass is 317 g/mol. The number of ether oxygens (including phenoxy) is 1. The van der Waals surface area contributed by atoms with Crippen LogP contribution in [0.2, 0.25) is 0 Å². The van der Waals surface area contributed by atoms with Crippen molar-refractivity contribution in [1.29, 1.82) is 0 Å². The minimum Gasteiger partial charge on any atom is -0.426 e. The number of hydrogen-bond donors (Lipinski definition) is 1. The van der Waals surface area contributed by atoms with Crippen molar-refractivity contribution in [3.05, 3.63) is 40.2 Å². The van der Waals surface area contributed by atoms with Gasteiger partial charge in [-0.2, -0.15) is 0 Å². The van der Waals surface area contributed by atoms with Crippen molar-refractivity contribution in [1.82, 2.24) is 5.32 Å². The Morgan fingerprint density at radius 3 is 2.65 bits per heavy atom. The molecule has 0 saturated carbocycles. The molecule has 2 aromatic rings. The molecule has 0 aliphatic carbocycles. The fourth-order valence-corrected chi connectivity index (χ4v) is 1.88. The molecule has 1 N–H and O–H groups in total. The molecule has 0 fully saturated rings. The molecular weight excluding hydrogens is 298 g/mol. The average molecular weight is 317 g/mol. The fraction of sp³-hybridized carbons (Fsp3) is 0.353. The van der Waals surface area contributed by atoms with E-state index in [1.807, 2.05) is 6.92 Å². The SMILES string of the molecule is CCCNC(=O)c1cc2ccc(OC(=O)C(C)C)cc2oc1=O. The molecule has 0 spiro atoms. The Morgan fingerprint density at radius 1 is 1.26 bits per heavy atom. The van der Waals surface area contributed by atoms with Gasteiger partial charge in [0.25, 0.3) is 5.91 Å². The maximum absolute atomic E-state index is 11.9. The van der Waals surface area contributed by atoms with Crippen molar-refractivity contribution >= 4 is 22.8 Å². The Morgan fingerprint density at radius 2 is 2.00 bits per heavy atom. The van der Waals surface area contributed by atoms with E-state index in [1.54, 1.807) is 26.0 Å². The molecule has 0 radical (unpaired) electrons. The first-order chi connectivity index (χ1) is 10.9. The number of benzene rings is 1. The zero-order chi connectivity index (χ0) is 17.0. The minimum absolute atomic E-state index is 0.0436. The Bertz CT molecular complexity index is 791. The van der Waals surface area contributed by atoms with Gasteiger partial charge >= 0.3 is 11.6 Å². The zero-order valence-electron chi connectivity index (χ0n) is 13.3.